The molecule has 2 N–H and O–H groups in total. The number of carbonyl (C=O) groups is 2. The molecule has 0 aliphatic heterocycles. The first kappa shape index (κ1) is 17.1. The van der Waals surface area contributed by atoms with Crippen molar-refractivity contribution in [1.82, 2.24) is 25.1 Å². The van der Waals surface area contributed by atoms with Gasteiger partial charge < -0.3 is 10.6 Å². The lowest BCUT2D eigenvalue weighted by Gasteiger charge is -2.09. The van der Waals surface area contributed by atoms with E-state index in [0.717, 1.165) is 0 Å². The molecular weight excluding hydrogens is 364 g/mol. The summed E-state index contributed by atoms with van der Waals surface area (Å²) >= 11 is 3.27. The van der Waals surface area contributed by atoms with Crippen LogP contribution in [0.2, 0.25) is 0 Å². The number of nitrogens with zero attached hydrogens (tertiary/aromatic N) is 4. The highest BCUT2D eigenvalue weighted by atomic mass is 79.9. The lowest BCUT2D eigenvalue weighted by Crippen LogP contribution is -2.24. The highest BCUT2D eigenvalue weighted by molar-refractivity contribution is 9.10. The zero-order chi connectivity index (χ0) is 17.1. The van der Waals surface area contributed by atoms with E-state index in [1.54, 1.807) is 13.2 Å². The first-order chi connectivity index (χ1) is 10.8. The van der Waals surface area contributed by atoms with Gasteiger partial charge in [-0.15, -0.1) is 0 Å². The quantitative estimate of drug-likeness (QED) is 0.840. The van der Waals surface area contributed by atoms with Crippen molar-refractivity contribution in [3.8, 4) is 0 Å². The zero-order valence-corrected chi connectivity index (χ0v) is 14.8. The maximum atomic E-state index is 12.5. The number of carbonyl (C=O) groups excluding carboxylic acids is 2. The van der Waals surface area contributed by atoms with Gasteiger partial charge in [-0.05, 0) is 15.9 Å². The number of rotatable bonds is 4. The van der Waals surface area contributed by atoms with Crippen LogP contribution in [-0.2, 0) is 7.05 Å². The number of amides is 2. The van der Waals surface area contributed by atoms with Gasteiger partial charge in [0.05, 0.1) is 16.4 Å². The van der Waals surface area contributed by atoms with Crippen molar-refractivity contribution in [3.63, 3.8) is 0 Å². The fraction of sp³-hybridized carbons (Fsp3) is 0.357. The SMILES string of the molecule is CNC(=O)c1c(NC(=O)c2nc(C(C)C)ncc2Br)cnn1C. The van der Waals surface area contributed by atoms with Gasteiger partial charge in [-0.1, -0.05) is 13.8 Å². The van der Waals surface area contributed by atoms with Gasteiger partial charge in [-0.3, -0.25) is 14.3 Å². The minimum absolute atomic E-state index is 0.0921. The topological polar surface area (TPSA) is 102 Å². The van der Waals surface area contributed by atoms with Crippen molar-refractivity contribution >= 4 is 33.4 Å². The summed E-state index contributed by atoms with van der Waals surface area (Å²) in [6.07, 6.45) is 2.96. The van der Waals surface area contributed by atoms with Gasteiger partial charge in [0.15, 0.2) is 0 Å². The molecule has 9 heteroatoms. The molecule has 0 spiro atoms. The van der Waals surface area contributed by atoms with Crippen molar-refractivity contribution in [3.05, 3.63) is 34.1 Å². The third-order valence-corrected chi connectivity index (χ3v) is 3.70. The van der Waals surface area contributed by atoms with E-state index in [1.165, 1.54) is 17.9 Å². The van der Waals surface area contributed by atoms with Crippen LogP contribution in [-0.4, -0.2) is 38.6 Å². The average molecular weight is 381 g/mol. The van der Waals surface area contributed by atoms with Crippen LogP contribution in [0, 0.1) is 0 Å². The van der Waals surface area contributed by atoms with Crippen molar-refractivity contribution in [2.24, 2.45) is 7.05 Å². The summed E-state index contributed by atoms with van der Waals surface area (Å²) in [6, 6.07) is 0. The number of aromatic nitrogens is 4. The molecule has 2 aromatic heterocycles. The molecule has 8 nitrogen and oxygen atoms in total. The number of halogens is 1. The lowest BCUT2D eigenvalue weighted by molar-refractivity contribution is 0.0954. The van der Waals surface area contributed by atoms with Crippen LogP contribution in [0.3, 0.4) is 0 Å². The van der Waals surface area contributed by atoms with Gasteiger partial charge in [0, 0.05) is 26.2 Å². The number of hydrogen-bond donors (Lipinski definition) is 2. The van der Waals surface area contributed by atoms with Crippen molar-refractivity contribution in [2.75, 3.05) is 12.4 Å². The van der Waals surface area contributed by atoms with E-state index in [9.17, 15) is 9.59 Å². The molecule has 0 saturated heterocycles. The zero-order valence-electron chi connectivity index (χ0n) is 13.2. The minimum atomic E-state index is -0.445. The van der Waals surface area contributed by atoms with Crippen LogP contribution in [0.5, 0.6) is 0 Å². The minimum Gasteiger partial charge on any atom is -0.354 e. The summed E-state index contributed by atoms with van der Waals surface area (Å²) < 4.78 is 1.87. The van der Waals surface area contributed by atoms with Crippen LogP contribution in [0.4, 0.5) is 5.69 Å². The Labute approximate surface area is 141 Å². The summed E-state index contributed by atoms with van der Waals surface area (Å²) in [4.78, 5) is 32.8. The maximum absolute atomic E-state index is 12.5. The Morgan fingerprint density at radius 1 is 1.26 bits per heavy atom. The van der Waals surface area contributed by atoms with Crippen LogP contribution < -0.4 is 10.6 Å². The predicted molar refractivity (Wildman–Crippen MR) is 88.4 cm³/mol. The van der Waals surface area contributed by atoms with Gasteiger partial charge >= 0.3 is 0 Å². The van der Waals surface area contributed by atoms with E-state index in [2.05, 4.69) is 41.6 Å². The van der Waals surface area contributed by atoms with Gasteiger partial charge in [0.2, 0.25) is 0 Å². The van der Waals surface area contributed by atoms with E-state index in [-0.39, 0.29) is 23.2 Å². The Balaban J connectivity index is 2.34. The van der Waals surface area contributed by atoms with E-state index in [4.69, 9.17) is 0 Å². The summed E-state index contributed by atoms with van der Waals surface area (Å²) in [5.74, 6) is -0.130. The Morgan fingerprint density at radius 2 is 1.96 bits per heavy atom. The predicted octanol–water partition coefficient (Wildman–Crippen LogP) is 1.71. The Hall–Kier alpha value is -2.29. The van der Waals surface area contributed by atoms with Crippen molar-refractivity contribution < 1.29 is 9.59 Å². The smallest absolute Gasteiger partial charge is 0.275 e. The van der Waals surface area contributed by atoms with Gasteiger partial charge in [0.1, 0.15) is 17.2 Å². The normalized spacial score (nSPS) is 10.7. The highest BCUT2D eigenvalue weighted by Crippen LogP contribution is 2.20. The van der Waals surface area contributed by atoms with Gasteiger partial charge in [-0.2, -0.15) is 5.10 Å². The average Bonchev–Trinajstić information content (AvgIpc) is 2.87. The molecule has 0 unspecified atom stereocenters. The molecule has 0 aliphatic rings. The summed E-state index contributed by atoms with van der Waals surface area (Å²) in [5.41, 5.74) is 0.777. The number of anilines is 1. The summed E-state index contributed by atoms with van der Waals surface area (Å²) in [7, 11) is 3.13. The number of aryl methyl sites for hydroxylation is 1. The molecular formula is C14H17BrN6O2. The van der Waals surface area contributed by atoms with Crippen molar-refractivity contribution in [2.45, 2.75) is 19.8 Å². The Morgan fingerprint density at radius 3 is 2.57 bits per heavy atom. The third kappa shape index (κ3) is 3.55. The summed E-state index contributed by atoms with van der Waals surface area (Å²) in [5, 5.41) is 9.17. The molecule has 2 rings (SSSR count). The van der Waals surface area contributed by atoms with E-state index in [0.29, 0.717) is 16.0 Å². The maximum Gasteiger partial charge on any atom is 0.275 e. The van der Waals surface area contributed by atoms with Crippen LogP contribution >= 0.6 is 15.9 Å². The second-order valence-electron chi connectivity index (χ2n) is 5.14. The molecule has 23 heavy (non-hydrogen) atoms. The standard InChI is InChI=1S/C14H17BrN6O2/c1-7(2)12-17-5-8(15)10(20-12)13(22)19-9-6-18-21(4)11(9)14(23)16-3/h5-7H,1-4H3,(H,16,23)(H,19,22). The third-order valence-electron chi connectivity index (χ3n) is 3.12. The first-order valence-corrected chi connectivity index (χ1v) is 7.72. The Kier molecular flexibility index (Phi) is 5.09. The molecule has 2 amide bonds. The largest absolute Gasteiger partial charge is 0.354 e. The van der Waals surface area contributed by atoms with Crippen LogP contribution in [0.1, 0.15) is 46.6 Å². The highest BCUT2D eigenvalue weighted by Gasteiger charge is 2.21. The van der Waals surface area contributed by atoms with E-state index >= 15 is 0 Å². The molecule has 0 fully saturated rings. The summed E-state index contributed by atoms with van der Waals surface area (Å²) in [6.45, 7) is 3.88. The molecule has 0 aliphatic carbocycles. The molecule has 0 bridgehead atoms. The van der Waals surface area contributed by atoms with E-state index in [1.807, 2.05) is 13.8 Å². The molecule has 122 valence electrons. The molecule has 0 radical (unpaired) electrons. The molecule has 2 heterocycles. The van der Waals surface area contributed by atoms with E-state index < -0.39 is 5.91 Å². The first-order valence-electron chi connectivity index (χ1n) is 6.93. The molecule has 0 aromatic carbocycles. The van der Waals surface area contributed by atoms with Crippen LogP contribution in [0.15, 0.2) is 16.9 Å². The van der Waals surface area contributed by atoms with Gasteiger partial charge in [-0.25, -0.2) is 9.97 Å². The fourth-order valence-electron chi connectivity index (χ4n) is 1.92. The molecule has 0 saturated carbocycles. The molecule has 2 aromatic rings. The molecule has 0 atom stereocenters. The number of hydrogen-bond acceptors (Lipinski definition) is 5. The van der Waals surface area contributed by atoms with Crippen LogP contribution in [0.25, 0.3) is 0 Å². The fourth-order valence-corrected chi connectivity index (χ4v) is 2.29. The van der Waals surface area contributed by atoms with Gasteiger partial charge in [0.25, 0.3) is 11.8 Å². The number of nitrogens with one attached hydrogen (secondary N) is 2. The second kappa shape index (κ2) is 6.86. The van der Waals surface area contributed by atoms with Crippen molar-refractivity contribution in [1.29, 1.82) is 0 Å². The second-order valence-corrected chi connectivity index (χ2v) is 6.00. The monoisotopic (exact) mass is 380 g/mol. The lowest BCUT2D eigenvalue weighted by atomic mass is 10.2. The Bertz CT molecular complexity index is 756.